The molecule has 0 bridgehead atoms. The molecule has 0 aliphatic rings. The first kappa shape index (κ1) is 12.6. The van der Waals surface area contributed by atoms with E-state index in [0.717, 1.165) is 10.2 Å². The number of fused-ring (bicyclic) bond motifs is 1. The molecule has 3 nitrogen and oxygen atoms in total. The zero-order valence-corrected chi connectivity index (χ0v) is 11.7. The number of hydrogen-bond acceptors (Lipinski definition) is 5. The molecular weight excluding hydrogens is 274 g/mol. The van der Waals surface area contributed by atoms with E-state index in [4.69, 9.17) is 17.0 Å². The minimum atomic E-state index is 0.0462. The Balaban J connectivity index is 2.15. The van der Waals surface area contributed by atoms with Gasteiger partial charge in [0.2, 0.25) is 4.38 Å². The Morgan fingerprint density at radius 3 is 3.06 bits per heavy atom. The number of hydrogen-bond donors (Lipinski definition) is 0. The highest BCUT2D eigenvalue weighted by Gasteiger charge is 2.06. The second-order valence-corrected chi connectivity index (χ2v) is 5.69. The number of nitrogens with zero attached hydrogens (tertiary/aromatic N) is 1. The van der Waals surface area contributed by atoms with Gasteiger partial charge in [-0.3, -0.25) is 9.36 Å². The van der Waals surface area contributed by atoms with E-state index in [-0.39, 0.29) is 4.87 Å². The van der Waals surface area contributed by atoms with E-state index in [1.165, 1.54) is 23.1 Å². The maximum atomic E-state index is 11.8. The fourth-order valence-electron chi connectivity index (χ4n) is 1.50. The van der Waals surface area contributed by atoms with Crippen molar-refractivity contribution in [3.05, 3.63) is 33.9 Å². The first-order valence-corrected chi connectivity index (χ1v) is 7.46. The lowest BCUT2D eigenvalue weighted by Gasteiger charge is -2.06. The van der Waals surface area contributed by atoms with Crippen LogP contribution in [0.4, 0.5) is 0 Å². The molecule has 0 saturated heterocycles. The van der Waals surface area contributed by atoms with Gasteiger partial charge in [0.15, 0.2) is 0 Å². The van der Waals surface area contributed by atoms with Gasteiger partial charge in [-0.25, -0.2) is 0 Å². The summed E-state index contributed by atoms with van der Waals surface area (Å²) in [6.07, 6.45) is 1.87. The van der Waals surface area contributed by atoms with Crippen LogP contribution in [-0.2, 0) is 11.3 Å². The van der Waals surface area contributed by atoms with Gasteiger partial charge >= 0.3 is 4.87 Å². The molecule has 0 unspecified atom stereocenters. The Kier molecular flexibility index (Phi) is 4.20. The second-order valence-electron chi connectivity index (χ2n) is 3.29. The van der Waals surface area contributed by atoms with Crippen molar-refractivity contribution in [2.45, 2.75) is 6.54 Å². The molecule has 0 spiro atoms. The molecule has 1 aromatic heterocycles. The van der Waals surface area contributed by atoms with E-state index in [2.05, 4.69) is 0 Å². The number of para-hydroxylation sites is 1. The number of benzene rings is 1. The van der Waals surface area contributed by atoms with Gasteiger partial charge in [-0.1, -0.05) is 35.2 Å². The summed E-state index contributed by atoms with van der Waals surface area (Å²) in [5, 5.41) is 0. The second kappa shape index (κ2) is 5.66. The summed E-state index contributed by atoms with van der Waals surface area (Å²) in [5.41, 5.74) is 0.959. The van der Waals surface area contributed by atoms with Crippen molar-refractivity contribution >= 4 is 49.9 Å². The molecular formula is C11H11NO2S3. The summed E-state index contributed by atoms with van der Waals surface area (Å²) >= 11 is 7.59. The van der Waals surface area contributed by atoms with E-state index >= 15 is 0 Å². The molecule has 0 aliphatic heterocycles. The minimum Gasteiger partial charge on any atom is -0.477 e. The zero-order chi connectivity index (χ0) is 12.3. The molecule has 6 heteroatoms. The molecule has 0 fully saturated rings. The number of thiazole rings is 1. The summed E-state index contributed by atoms with van der Waals surface area (Å²) in [6.45, 7) is 0.962. The van der Waals surface area contributed by atoms with Crippen molar-refractivity contribution < 1.29 is 4.74 Å². The van der Waals surface area contributed by atoms with E-state index in [0.29, 0.717) is 17.5 Å². The summed E-state index contributed by atoms with van der Waals surface area (Å²) < 4.78 is 8.55. The van der Waals surface area contributed by atoms with Gasteiger partial charge in [-0.2, -0.15) is 0 Å². The highest BCUT2D eigenvalue weighted by Crippen LogP contribution is 2.16. The average molecular weight is 285 g/mol. The first-order chi connectivity index (χ1) is 8.22. The summed E-state index contributed by atoms with van der Waals surface area (Å²) in [5.74, 6) is 0. The Morgan fingerprint density at radius 1 is 1.53 bits per heavy atom. The quantitative estimate of drug-likeness (QED) is 0.812. The lowest BCUT2D eigenvalue weighted by molar-refractivity contribution is 0.303. The largest absolute Gasteiger partial charge is 0.477 e. The van der Waals surface area contributed by atoms with E-state index in [9.17, 15) is 4.79 Å². The number of aromatic nitrogens is 1. The Hall–Kier alpha value is -0.850. The zero-order valence-electron chi connectivity index (χ0n) is 9.21. The first-order valence-electron chi connectivity index (χ1n) is 5.01. The van der Waals surface area contributed by atoms with Gasteiger partial charge < -0.3 is 4.74 Å². The predicted octanol–water partition coefficient (Wildman–Crippen LogP) is 2.73. The van der Waals surface area contributed by atoms with Gasteiger partial charge in [0.1, 0.15) is 6.61 Å². The molecule has 0 N–H and O–H groups in total. The highest BCUT2D eigenvalue weighted by atomic mass is 32.2. The summed E-state index contributed by atoms with van der Waals surface area (Å²) in [4.78, 5) is 11.8. The maximum Gasteiger partial charge on any atom is 0.308 e. The van der Waals surface area contributed by atoms with Crippen molar-refractivity contribution in [3.8, 4) is 0 Å². The normalized spacial score (nSPS) is 10.6. The number of rotatable bonds is 3. The van der Waals surface area contributed by atoms with Crippen LogP contribution in [0.1, 0.15) is 0 Å². The van der Waals surface area contributed by atoms with Crippen molar-refractivity contribution in [3.63, 3.8) is 0 Å². The fraction of sp³-hybridized carbons (Fsp3) is 0.273. The summed E-state index contributed by atoms with van der Waals surface area (Å²) in [7, 11) is 0. The Labute approximate surface area is 112 Å². The third-order valence-corrected chi connectivity index (χ3v) is 4.30. The SMILES string of the molecule is CSC(=S)OCCn1c(=O)sc2ccccc21. The van der Waals surface area contributed by atoms with Crippen LogP contribution in [-0.4, -0.2) is 21.8 Å². The molecule has 2 aromatic rings. The van der Waals surface area contributed by atoms with Gasteiger partial charge in [-0.15, -0.1) is 0 Å². The van der Waals surface area contributed by atoms with E-state index in [1.54, 1.807) is 4.57 Å². The number of thiocarbonyl (C=S) groups is 1. The molecule has 2 rings (SSSR count). The molecule has 0 atom stereocenters. The van der Waals surface area contributed by atoms with Crippen LogP contribution in [0.3, 0.4) is 0 Å². The standard InChI is InChI=1S/C11H11NO2S3/c1-16-11(15)14-7-6-12-8-4-2-3-5-9(8)17-10(12)13/h2-5H,6-7H2,1H3. The molecule has 0 saturated carbocycles. The average Bonchev–Trinajstić information content (AvgIpc) is 2.66. The third kappa shape index (κ3) is 2.88. The van der Waals surface area contributed by atoms with Crippen molar-refractivity contribution in [1.82, 2.24) is 4.57 Å². The molecule has 0 amide bonds. The van der Waals surface area contributed by atoms with Crippen LogP contribution in [0.2, 0.25) is 0 Å². The molecule has 1 aromatic carbocycles. The van der Waals surface area contributed by atoms with Crippen LogP contribution < -0.4 is 4.87 Å². The van der Waals surface area contributed by atoms with Gasteiger partial charge in [-0.05, 0) is 30.6 Å². The molecule has 17 heavy (non-hydrogen) atoms. The van der Waals surface area contributed by atoms with Gasteiger partial charge in [0, 0.05) is 0 Å². The topological polar surface area (TPSA) is 31.2 Å². The van der Waals surface area contributed by atoms with Gasteiger partial charge in [0.05, 0.1) is 16.8 Å². The fourth-order valence-corrected chi connectivity index (χ4v) is 2.71. The van der Waals surface area contributed by atoms with Crippen LogP contribution in [0.5, 0.6) is 0 Å². The number of ether oxygens (including phenoxy) is 1. The predicted molar refractivity (Wildman–Crippen MR) is 78.2 cm³/mol. The van der Waals surface area contributed by atoms with E-state index in [1.807, 2.05) is 30.5 Å². The number of thioether (sulfide) groups is 1. The van der Waals surface area contributed by atoms with Crippen molar-refractivity contribution in [2.24, 2.45) is 0 Å². The molecule has 0 aliphatic carbocycles. The van der Waals surface area contributed by atoms with Crippen molar-refractivity contribution in [1.29, 1.82) is 0 Å². The molecule has 90 valence electrons. The minimum absolute atomic E-state index is 0.0462. The lowest BCUT2D eigenvalue weighted by atomic mass is 10.3. The Bertz CT molecular complexity index is 588. The summed E-state index contributed by atoms with van der Waals surface area (Å²) in [6, 6.07) is 7.76. The third-order valence-electron chi connectivity index (χ3n) is 2.28. The monoisotopic (exact) mass is 285 g/mol. The van der Waals surface area contributed by atoms with Crippen LogP contribution in [0.15, 0.2) is 29.1 Å². The lowest BCUT2D eigenvalue weighted by Crippen LogP contribution is -2.17. The van der Waals surface area contributed by atoms with Gasteiger partial charge in [0.25, 0.3) is 0 Å². The van der Waals surface area contributed by atoms with Crippen LogP contribution >= 0.6 is 35.3 Å². The van der Waals surface area contributed by atoms with Crippen LogP contribution in [0.25, 0.3) is 10.2 Å². The van der Waals surface area contributed by atoms with E-state index < -0.39 is 0 Å². The molecule has 1 heterocycles. The molecule has 0 radical (unpaired) electrons. The Morgan fingerprint density at radius 2 is 2.29 bits per heavy atom. The highest BCUT2D eigenvalue weighted by molar-refractivity contribution is 8.22. The smallest absolute Gasteiger partial charge is 0.308 e. The van der Waals surface area contributed by atoms with Crippen molar-refractivity contribution in [2.75, 3.05) is 12.9 Å². The van der Waals surface area contributed by atoms with Crippen LogP contribution in [0, 0.1) is 0 Å². The maximum absolute atomic E-state index is 11.8.